The maximum absolute atomic E-state index is 12.6. The Kier molecular flexibility index (Phi) is 6.77. The van der Waals surface area contributed by atoms with Crippen LogP contribution in [0.3, 0.4) is 0 Å². The summed E-state index contributed by atoms with van der Waals surface area (Å²) in [6.45, 7) is 5.53. The second-order valence-electron chi connectivity index (χ2n) is 6.52. The number of nitrogens with zero attached hydrogens (tertiary/aromatic N) is 2. The first kappa shape index (κ1) is 20.7. The van der Waals surface area contributed by atoms with Gasteiger partial charge in [-0.05, 0) is 56.3 Å². The minimum atomic E-state index is -0.163. The van der Waals surface area contributed by atoms with Crippen LogP contribution in [0, 0.1) is 6.92 Å². The van der Waals surface area contributed by atoms with E-state index in [1.165, 1.54) is 0 Å². The van der Waals surface area contributed by atoms with Gasteiger partial charge >= 0.3 is 0 Å². The Labute approximate surface area is 175 Å². The predicted molar refractivity (Wildman–Crippen MR) is 113 cm³/mol. The Morgan fingerprint density at radius 1 is 1.17 bits per heavy atom. The van der Waals surface area contributed by atoms with Gasteiger partial charge in [0.1, 0.15) is 18.1 Å². The van der Waals surface area contributed by atoms with Crippen LogP contribution >= 0.6 is 11.6 Å². The van der Waals surface area contributed by atoms with Crippen LogP contribution in [-0.2, 0) is 19.7 Å². The molecule has 0 aliphatic heterocycles. The molecule has 0 fully saturated rings. The number of hydrogen-bond donors (Lipinski definition) is 1. The number of carbonyl (C=O) groups excluding carboxylic acids is 1. The molecule has 0 spiro atoms. The molecular weight excluding hydrogens is 390 g/mol. The van der Waals surface area contributed by atoms with Gasteiger partial charge in [0.15, 0.2) is 0 Å². The van der Waals surface area contributed by atoms with Crippen molar-refractivity contribution in [3.05, 3.63) is 76.1 Å². The molecule has 6 nitrogen and oxygen atoms in total. The van der Waals surface area contributed by atoms with Crippen molar-refractivity contribution in [2.24, 2.45) is 0 Å². The van der Waals surface area contributed by atoms with E-state index < -0.39 is 0 Å². The third-order valence-electron chi connectivity index (χ3n) is 4.69. The van der Waals surface area contributed by atoms with Crippen molar-refractivity contribution in [1.82, 2.24) is 15.1 Å². The molecule has 0 bridgehead atoms. The first-order valence-electron chi connectivity index (χ1n) is 9.36. The SMILES string of the molecule is CCn1ncc(CNC(=O)c2ccc(OC)c(COc3ccc(Cl)cc3)c2)c1C. The summed E-state index contributed by atoms with van der Waals surface area (Å²) in [5.41, 5.74) is 3.38. The number of halogens is 1. The monoisotopic (exact) mass is 413 g/mol. The molecule has 1 amide bonds. The van der Waals surface area contributed by atoms with Gasteiger partial charge in [-0.25, -0.2) is 0 Å². The topological polar surface area (TPSA) is 65.4 Å². The number of ether oxygens (including phenoxy) is 2. The number of rotatable bonds is 8. The zero-order valence-electron chi connectivity index (χ0n) is 16.7. The lowest BCUT2D eigenvalue weighted by atomic mass is 10.1. The van der Waals surface area contributed by atoms with E-state index in [0.29, 0.717) is 28.6 Å². The number of aromatic nitrogens is 2. The second kappa shape index (κ2) is 9.47. The van der Waals surface area contributed by atoms with Crippen LogP contribution in [0.4, 0.5) is 0 Å². The Balaban J connectivity index is 1.68. The van der Waals surface area contributed by atoms with Gasteiger partial charge in [0.25, 0.3) is 5.91 Å². The average molecular weight is 414 g/mol. The van der Waals surface area contributed by atoms with Crippen molar-refractivity contribution in [3.63, 3.8) is 0 Å². The highest BCUT2D eigenvalue weighted by molar-refractivity contribution is 6.30. The lowest BCUT2D eigenvalue weighted by Crippen LogP contribution is -2.23. The minimum absolute atomic E-state index is 0.163. The Morgan fingerprint density at radius 2 is 1.93 bits per heavy atom. The molecule has 0 aliphatic rings. The molecule has 0 atom stereocenters. The molecule has 3 aromatic rings. The van der Waals surface area contributed by atoms with Crippen LogP contribution in [0.25, 0.3) is 0 Å². The molecule has 1 heterocycles. The number of nitrogens with one attached hydrogen (secondary N) is 1. The van der Waals surface area contributed by atoms with Crippen molar-refractivity contribution in [3.8, 4) is 11.5 Å². The van der Waals surface area contributed by atoms with Gasteiger partial charge in [-0.3, -0.25) is 9.48 Å². The van der Waals surface area contributed by atoms with E-state index in [2.05, 4.69) is 10.4 Å². The summed E-state index contributed by atoms with van der Waals surface area (Å²) < 4.78 is 13.1. The molecule has 0 radical (unpaired) electrons. The first-order valence-corrected chi connectivity index (χ1v) is 9.74. The lowest BCUT2D eigenvalue weighted by molar-refractivity contribution is 0.0950. The molecule has 0 unspecified atom stereocenters. The first-order chi connectivity index (χ1) is 14.0. The van der Waals surface area contributed by atoms with E-state index in [1.807, 2.05) is 18.5 Å². The molecule has 2 aromatic carbocycles. The van der Waals surface area contributed by atoms with Crippen LogP contribution in [0.2, 0.25) is 5.02 Å². The molecule has 7 heteroatoms. The van der Waals surface area contributed by atoms with Crippen LogP contribution in [0.15, 0.2) is 48.7 Å². The summed E-state index contributed by atoms with van der Waals surface area (Å²) in [4.78, 5) is 12.6. The second-order valence-corrected chi connectivity index (χ2v) is 6.96. The molecule has 0 saturated heterocycles. The molecule has 152 valence electrons. The molecule has 0 aliphatic carbocycles. The normalized spacial score (nSPS) is 10.6. The highest BCUT2D eigenvalue weighted by atomic mass is 35.5. The fourth-order valence-corrected chi connectivity index (χ4v) is 3.11. The summed E-state index contributed by atoms with van der Waals surface area (Å²) in [7, 11) is 1.59. The molecule has 0 saturated carbocycles. The van der Waals surface area contributed by atoms with E-state index >= 15 is 0 Å². The molecule has 1 aromatic heterocycles. The number of amides is 1. The maximum atomic E-state index is 12.6. The van der Waals surface area contributed by atoms with Crippen LogP contribution in [0.1, 0.15) is 34.1 Å². The smallest absolute Gasteiger partial charge is 0.251 e. The Hall–Kier alpha value is -2.99. The maximum Gasteiger partial charge on any atom is 0.251 e. The van der Waals surface area contributed by atoms with Gasteiger partial charge in [-0.1, -0.05) is 11.6 Å². The number of aryl methyl sites for hydroxylation is 1. The molecule has 3 rings (SSSR count). The summed E-state index contributed by atoms with van der Waals surface area (Å²) in [6.07, 6.45) is 1.79. The highest BCUT2D eigenvalue weighted by Crippen LogP contribution is 2.23. The quantitative estimate of drug-likeness (QED) is 0.595. The molecule has 29 heavy (non-hydrogen) atoms. The van der Waals surface area contributed by atoms with Gasteiger partial charge < -0.3 is 14.8 Å². The number of methoxy groups -OCH3 is 1. The fraction of sp³-hybridized carbons (Fsp3) is 0.273. The molecular formula is C22H24ClN3O3. The van der Waals surface area contributed by atoms with Gasteiger partial charge in [-0.15, -0.1) is 0 Å². The minimum Gasteiger partial charge on any atom is -0.496 e. The van der Waals surface area contributed by atoms with Crippen LogP contribution in [0.5, 0.6) is 11.5 Å². The summed E-state index contributed by atoms with van der Waals surface area (Å²) in [6, 6.07) is 12.4. The van der Waals surface area contributed by atoms with E-state index in [0.717, 1.165) is 23.4 Å². The average Bonchev–Trinajstić information content (AvgIpc) is 3.10. The van der Waals surface area contributed by atoms with E-state index in [-0.39, 0.29) is 12.5 Å². The van der Waals surface area contributed by atoms with Crippen molar-refractivity contribution in [1.29, 1.82) is 0 Å². The zero-order valence-corrected chi connectivity index (χ0v) is 17.5. The summed E-state index contributed by atoms with van der Waals surface area (Å²) in [5, 5.41) is 7.90. The van der Waals surface area contributed by atoms with Crippen molar-refractivity contribution >= 4 is 17.5 Å². The third kappa shape index (κ3) is 5.09. The number of carbonyl (C=O) groups is 1. The van der Waals surface area contributed by atoms with Gasteiger partial charge in [0, 0.05) is 40.5 Å². The van der Waals surface area contributed by atoms with Gasteiger partial charge in [0.2, 0.25) is 0 Å². The zero-order chi connectivity index (χ0) is 20.8. The van der Waals surface area contributed by atoms with E-state index in [1.54, 1.807) is 55.8 Å². The van der Waals surface area contributed by atoms with Crippen molar-refractivity contribution < 1.29 is 14.3 Å². The standard InChI is InChI=1S/C22H24ClN3O3/c1-4-26-15(2)18(13-25-26)12-24-22(27)16-5-10-21(28-3)17(11-16)14-29-20-8-6-19(23)7-9-20/h5-11,13H,4,12,14H2,1-3H3,(H,24,27). The van der Waals surface area contributed by atoms with Crippen molar-refractivity contribution in [2.45, 2.75) is 33.5 Å². The predicted octanol–water partition coefficient (Wildman–Crippen LogP) is 4.38. The van der Waals surface area contributed by atoms with Crippen molar-refractivity contribution in [2.75, 3.05) is 7.11 Å². The number of benzene rings is 2. The lowest BCUT2D eigenvalue weighted by Gasteiger charge is -2.12. The Morgan fingerprint density at radius 3 is 2.59 bits per heavy atom. The number of hydrogen-bond acceptors (Lipinski definition) is 4. The Bertz CT molecular complexity index is 983. The summed E-state index contributed by atoms with van der Waals surface area (Å²) >= 11 is 5.90. The summed E-state index contributed by atoms with van der Waals surface area (Å²) in [5.74, 6) is 1.19. The van der Waals surface area contributed by atoms with Crippen LogP contribution in [-0.4, -0.2) is 22.8 Å². The molecule has 1 N–H and O–H groups in total. The van der Waals surface area contributed by atoms with E-state index in [9.17, 15) is 4.79 Å². The van der Waals surface area contributed by atoms with Crippen LogP contribution < -0.4 is 14.8 Å². The third-order valence-corrected chi connectivity index (χ3v) is 4.95. The fourth-order valence-electron chi connectivity index (χ4n) is 2.98. The van der Waals surface area contributed by atoms with Gasteiger partial charge in [-0.2, -0.15) is 5.10 Å². The highest BCUT2D eigenvalue weighted by Gasteiger charge is 2.12. The van der Waals surface area contributed by atoms with E-state index in [4.69, 9.17) is 21.1 Å². The largest absolute Gasteiger partial charge is 0.496 e. The van der Waals surface area contributed by atoms with Gasteiger partial charge in [0.05, 0.1) is 13.3 Å².